The molecule has 4 heteroatoms. The van der Waals surface area contributed by atoms with Gasteiger partial charge in [-0.2, -0.15) is 0 Å². The third-order valence-corrected chi connectivity index (χ3v) is 5.85. The van der Waals surface area contributed by atoms with E-state index in [9.17, 15) is 9.59 Å². The van der Waals surface area contributed by atoms with Crippen molar-refractivity contribution in [2.75, 3.05) is 13.2 Å². The van der Waals surface area contributed by atoms with E-state index in [0.717, 1.165) is 25.7 Å². The molecule has 0 spiro atoms. The molecule has 26 heavy (non-hydrogen) atoms. The summed E-state index contributed by atoms with van der Waals surface area (Å²) < 4.78 is 10.9. The Balaban J connectivity index is 2.59. The maximum Gasteiger partial charge on any atom is 0.312 e. The van der Waals surface area contributed by atoms with Gasteiger partial charge in [0, 0.05) is 5.92 Å². The lowest BCUT2D eigenvalue weighted by atomic mass is 9.61. The van der Waals surface area contributed by atoms with Crippen molar-refractivity contribution in [3.8, 4) is 0 Å². The fraction of sp³-hybridized carbons (Fsp3) is 0.909. The summed E-state index contributed by atoms with van der Waals surface area (Å²) in [6.45, 7) is 17.8. The molecule has 1 saturated heterocycles. The molecular weight excluding hydrogens is 328 g/mol. The third-order valence-electron chi connectivity index (χ3n) is 5.85. The van der Waals surface area contributed by atoms with Gasteiger partial charge in [0.2, 0.25) is 0 Å². The Hall–Kier alpha value is -1.06. The zero-order chi connectivity index (χ0) is 20.2. The molecular formula is C22H40O4. The molecule has 0 aromatic heterocycles. The highest BCUT2D eigenvalue weighted by Crippen LogP contribution is 2.47. The Morgan fingerprint density at radius 2 is 1.73 bits per heavy atom. The van der Waals surface area contributed by atoms with Crippen molar-refractivity contribution in [1.29, 1.82) is 0 Å². The molecule has 0 radical (unpaired) electrons. The average Bonchev–Trinajstić information content (AvgIpc) is 2.81. The van der Waals surface area contributed by atoms with Gasteiger partial charge in [-0.15, -0.1) is 0 Å². The van der Waals surface area contributed by atoms with Crippen LogP contribution in [0.5, 0.6) is 0 Å². The van der Waals surface area contributed by atoms with Crippen LogP contribution in [0.2, 0.25) is 0 Å². The van der Waals surface area contributed by atoms with E-state index in [2.05, 4.69) is 48.5 Å². The molecule has 1 rings (SSSR count). The second kappa shape index (κ2) is 8.75. The number of carbonyl (C=O) groups excluding carboxylic acids is 2. The zero-order valence-electron chi connectivity index (χ0n) is 18.2. The van der Waals surface area contributed by atoms with Gasteiger partial charge in [-0.1, -0.05) is 54.9 Å². The van der Waals surface area contributed by atoms with Crippen LogP contribution in [0, 0.1) is 28.1 Å². The first-order valence-corrected chi connectivity index (χ1v) is 10.2. The molecule has 0 bridgehead atoms. The quantitative estimate of drug-likeness (QED) is 0.426. The maximum absolute atomic E-state index is 12.9. The molecule has 0 aromatic rings. The maximum atomic E-state index is 12.9. The normalized spacial score (nSPS) is 23.5. The molecule has 0 amide bonds. The van der Waals surface area contributed by atoms with Crippen LogP contribution in [0.1, 0.15) is 87.5 Å². The molecule has 1 heterocycles. The topological polar surface area (TPSA) is 52.6 Å². The molecule has 1 aliphatic rings. The molecule has 0 aliphatic carbocycles. The lowest BCUT2D eigenvalue weighted by molar-refractivity contribution is -0.165. The van der Waals surface area contributed by atoms with Crippen LogP contribution < -0.4 is 0 Å². The minimum atomic E-state index is -0.539. The van der Waals surface area contributed by atoms with Gasteiger partial charge in [0.05, 0.1) is 24.5 Å². The van der Waals surface area contributed by atoms with E-state index in [0.29, 0.717) is 25.6 Å². The first-order chi connectivity index (χ1) is 11.8. The number of hydrogen-bond acceptors (Lipinski definition) is 4. The summed E-state index contributed by atoms with van der Waals surface area (Å²) in [5.41, 5.74) is -0.677. The zero-order valence-corrected chi connectivity index (χ0v) is 18.2. The van der Waals surface area contributed by atoms with Crippen LogP contribution in [-0.2, 0) is 19.1 Å². The number of ether oxygens (including phenoxy) is 2. The van der Waals surface area contributed by atoms with Crippen molar-refractivity contribution in [3.05, 3.63) is 0 Å². The van der Waals surface area contributed by atoms with Crippen molar-refractivity contribution in [2.24, 2.45) is 28.1 Å². The van der Waals surface area contributed by atoms with Crippen LogP contribution in [0.25, 0.3) is 0 Å². The molecule has 0 saturated carbocycles. The van der Waals surface area contributed by atoms with Gasteiger partial charge in [0.1, 0.15) is 0 Å². The Labute approximate surface area is 160 Å². The highest BCUT2D eigenvalue weighted by molar-refractivity contribution is 5.77. The standard InChI is InChI=1S/C22H40O4/c1-9-11-16-14-26-18(23)17(16)12-10-13-25-19(24)22(8,21(5,6)7)15-20(2,3)4/h16-17H,9-15H2,1-8H3. The molecule has 1 fully saturated rings. The predicted molar refractivity (Wildman–Crippen MR) is 105 cm³/mol. The van der Waals surface area contributed by atoms with E-state index in [1.807, 2.05) is 6.92 Å². The first kappa shape index (κ1) is 23.0. The van der Waals surface area contributed by atoms with Crippen molar-refractivity contribution < 1.29 is 19.1 Å². The summed E-state index contributed by atoms with van der Waals surface area (Å²) in [5, 5.41) is 0. The SMILES string of the molecule is CCCC1COC(=O)C1CCCOC(=O)C(C)(CC(C)(C)C)C(C)(C)C. The number of cyclic esters (lactones) is 1. The highest BCUT2D eigenvalue weighted by Gasteiger charge is 2.47. The summed E-state index contributed by atoms with van der Waals surface area (Å²) in [5.74, 6) is 0.0854. The Bertz CT molecular complexity index is 483. The molecule has 3 unspecified atom stereocenters. The van der Waals surface area contributed by atoms with E-state index in [4.69, 9.17) is 9.47 Å². The van der Waals surface area contributed by atoms with Gasteiger partial charge in [0.15, 0.2) is 0 Å². The van der Waals surface area contributed by atoms with E-state index < -0.39 is 5.41 Å². The number of esters is 2. The summed E-state index contributed by atoms with van der Waals surface area (Å²) in [6.07, 6.45) is 4.30. The largest absolute Gasteiger partial charge is 0.465 e. The van der Waals surface area contributed by atoms with Crippen LogP contribution in [0.3, 0.4) is 0 Å². The van der Waals surface area contributed by atoms with Crippen molar-refractivity contribution in [3.63, 3.8) is 0 Å². The van der Waals surface area contributed by atoms with Gasteiger partial charge < -0.3 is 9.47 Å². The summed E-state index contributed by atoms with van der Waals surface area (Å²) in [6, 6.07) is 0. The van der Waals surface area contributed by atoms with E-state index in [1.54, 1.807) is 0 Å². The molecule has 3 atom stereocenters. The predicted octanol–water partition coefficient (Wildman–Crippen LogP) is 5.39. The Morgan fingerprint density at radius 1 is 1.12 bits per heavy atom. The first-order valence-electron chi connectivity index (χ1n) is 10.2. The fourth-order valence-corrected chi connectivity index (χ4v) is 3.95. The minimum absolute atomic E-state index is 0.0303. The fourth-order valence-electron chi connectivity index (χ4n) is 3.95. The number of rotatable bonds is 8. The van der Waals surface area contributed by atoms with E-state index in [1.165, 1.54) is 0 Å². The molecule has 4 nitrogen and oxygen atoms in total. The number of carbonyl (C=O) groups is 2. The van der Waals surface area contributed by atoms with Crippen LogP contribution in [0.4, 0.5) is 0 Å². The van der Waals surface area contributed by atoms with Crippen molar-refractivity contribution in [2.45, 2.75) is 87.5 Å². The third kappa shape index (κ3) is 5.99. The molecule has 0 aromatic carbocycles. The second-order valence-corrected chi connectivity index (χ2v) is 10.4. The van der Waals surface area contributed by atoms with Crippen molar-refractivity contribution in [1.82, 2.24) is 0 Å². The van der Waals surface area contributed by atoms with Gasteiger partial charge in [0.25, 0.3) is 0 Å². The van der Waals surface area contributed by atoms with Gasteiger partial charge in [-0.25, -0.2) is 0 Å². The Morgan fingerprint density at radius 3 is 2.23 bits per heavy atom. The monoisotopic (exact) mass is 368 g/mol. The van der Waals surface area contributed by atoms with Crippen molar-refractivity contribution >= 4 is 11.9 Å². The summed E-state index contributed by atoms with van der Waals surface area (Å²) >= 11 is 0. The van der Waals surface area contributed by atoms with Gasteiger partial charge in [-0.05, 0) is 43.4 Å². The number of hydrogen-bond donors (Lipinski definition) is 0. The lowest BCUT2D eigenvalue weighted by Crippen LogP contribution is -2.44. The van der Waals surface area contributed by atoms with Gasteiger partial charge in [-0.3, -0.25) is 9.59 Å². The van der Waals surface area contributed by atoms with Gasteiger partial charge >= 0.3 is 11.9 Å². The molecule has 1 aliphatic heterocycles. The van der Waals surface area contributed by atoms with E-state index in [-0.39, 0.29) is 28.7 Å². The second-order valence-electron chi connectivity index (χ2n) is 10.4. The molecule has 0 N–H and O–H groups in total. The van der Waals surface area contributed by atoms with Crippen LogP contribution >= 0.6 is 0 Å². The summed E-state index contributed by atoms with van der Waals surface area (Å²) in [7, 11) is 0. The Kier molecular flexibility index (Phi) is 7.74. The summed E-state index contributed by atoms with van der Waals surface area (Å²) in [4.78, 5) is 24.8. The van der Waals surface area contributed by atoms with Crippen LogP contribution in [0.15, 0.2) is 0 Å². The average molecular weight is 369 g/mol. The molecule has 152 valence electrons. The minimum Gasteiger partial charge on any atom is -0.465 e. The lowest BCUT2D eigenvalue weighted by Gasteiger charge is -2.43. The van der Waals surface area contributed by atoms with E-state index >= 15 is 0 Å². The highest BCUT2D eigenvalue weighted by atomic mass is 16.5. The van der Waals surface area contributed by atoms with Crippen LogP contribution in [-0.4, -0.2) is 25.2 Å². The smallest absolute Gasteiger partial charge is 0.312 e.